The molecule has 0 spiro atoms. The highest BCUT2D eigenvalue weighted by Crippen LogP contribution is 2.32. The minimum atomic E-state index is -0.623. The third-order valence-electron chi connectivity index (χ3n) is 4.02. The Morgan fingerprint density at radius 2 is 1.57 bits per heavy atom. The molecule has 2 aromatic rings. The molecule has 122 valence electrons. The molecule has 3 rings (SSSR count). The number of carbonyl (C=O) groups excluding carboxylic acids is 1. The van der Waals surface area contributed by atoms with Gasteiger partial charge in [-0.2, -0.15) is 0 Å². The maximum Gasteiger partial charge on any atom is 0.242 e. The van der Waals surface area contributed by atoms with Crippen molar-refractivity contribution in [3.8, 4) is 11.1 Å². The molecule has 1 aliphatic rings. The number of carbonyl (C=O) groups is 1. The van der Waals surface area contributed by atoms with Gasteiger partial charge >= 0.3 is 0 Å². The number of nitrogens with two attached hydrogens (primary N) is 1. The van der Waals surface area contributed by atoms with E-state index in [1.165, 1.54) is 11.1 Å². The van der Waals surface area contributed by atoms with Crippen LogP contribution in [-0.2, 0) is 22.6 Å². The highest BCUT2D eigenvalue weighted by Gasteiger charge is 2.25. The summed E-state index contributed by atoms with van der Waals surface area (Å²) >= 11 is 0. The van der Waals surface area contributed by atoms with Crippen molar-refractivity contribution in [2.45, 2.75) is 19.1 Å². The van der Waals surface area contributed by atoms with Gasteiger partial charge in [0.05, 0.1) is 6.61 Å². The number of halogens is 1. The second kappa shape index (κ2) is 7.59. The van der Waals surface area contributed by atoms with Crippen LogP contribution in [-0.4, -0.2) is 30.6 Å². The van der Waals surface area contributed by atoms with E-state index in [2.05, 4.69) is 24.3 Å². The monoisotopic (exact) mass is 332 g/mol. The van der Waals surface area contributed by atoms with Crippen molar-refractivity contribution < 1.29 is 9.53 Å². The van der Waals surface area contributed by atoms with Crippen LogP contribution < -0.4 is 5.73 Å². The summed E-state index contributed by atoms with van der Waals surface area (Å²) in [5.74, 6) is -0.0756. The molecular weight excluding hydrogens is 312 g/mol. The lowest BCUT2D eigenvalue weighted by Gasteiger charge is -2.24. The largest absolute Gasteiger partial charge is 0.383 e. The van der Waals surface area contributed by atoms with Crippen molar-refractivity contribution >= 4 is 18.3 Å². The number of hydrogen-bond donors (Lipinski definition) is 1. The SMILES string of the molecule is COCC(N)C(=O)N1Cc2ccccc2-c2ccccc2C1.Cl. The fourth-order valence-corrected chi connectivity index (χ4v) is 2.95. The minimum absolute atomic E-state index is 0. The fourth-order valence-electron chi connectivity index (χ4n) is 2.95. The summed E-state index contributed by atoms with van der Waals surface area (Å²) in [4.78, 5) is 14.4. The number of methoxy groups -OCH3 is 1. The highest BCUT2D eigenvalue weighted by molar-refractivity contribution is 5.85. The standard InChI is InChI=1S/C18H20N2O2.ClH/c1-22-12-17(19)18(21)20-10-13-6-2-4-8-15(13)16-9-5-3-7-14(16)11-20;/h2-9,17H,10-12,19H2,1H3;1H. The molecule has 0 radical (unpaired) electrons. The van der Waals surface area contributed by atoms with Crippen LogP contribution in [0.4, 0.5) is 0 Å². The molecule has 0 aromatic heterocycles. The third-order valence-corrected chi connectivity index (χ3v) is 4.02. The molecule has 2 aromatic carbocycles. The van der Waals surface area contributed by atoms with E-state index in [4.69, 9.17) is 10.5 Å². The van der Waals surface area contributed by atoms with Gasteiger partial charge in [-0.1, -0.05) is 48.5 Å². The molecule has 1 amide bonds. The predicted octanol–water partition coefficient (Wildman–Crippen LogP) is 2.59. The van der Waals surface area contributed by atoms with E-state index in [1.807, 2.05) is 29.2 Å². The van der Waals surface area contributed by atoms with Crippen molar-refractivity contribution in [2.75, 3.05) is 13.7 Å². The molecule has 0 saturated heterocycles. The Kier molecular flexibility index (Phi) is 5.77. The zero-order valence-electron chi connectivity index (χ0n) is 13.1. The number of nitrogens with zero attached hydrogens (tertiary/aromatic N) is 1. The second-order valence-electron chi connectivity index (χ2n) is 5.57. The first-order chi connectivity index (χ1) is 10.7. The Hall–Kier alpha value is -1.88. The van der Waals surface area contributed by atoms with E-state index in [0.29, 0.717) is 13.1 Å². The fraction of sp³-hybridized carbons (Fsp3) is 0.278. The molecule has 1 aliphatic heterocycles. The van der Waals surface area contributed by atoms with E-state index < -0.39 is 6.04 Å². The maximum atomic E-state index is 12.6. The van der Waals surface area contributed by atoms with Crippen LogP contribution in [0.1, 0.15) is 11.1 Å². The number of benzene rings is 2. The van der Waals surface area contributed by atoms with Crippen LogP contribution in [0.5, 0.6) is 0 Å². The predicted molar refractivity (Wildman–Crippen MR) is 93.2 cm³/mol. The molecule has 1 atom stereocenters. The van der Waals surface area contributed by atoms with E-state index in [0.717, 1.165) is 11.1 Å². The Morgan fingerprint density at radius 1 is 1.09 bits per heavy atom. The van der Waals surface area contributed by atoms with Crippen molar-refractivity contribution in [3.05, 3.63) is 59.7 Å². The topological polar surface area (TPSA) is 55.6 Å². The van der Waals surface area contributed by atoms with E-state index in [1.54, 1.807) is 7.11 Å². The number of fused-ring (bicyclic) bond motifs is 3. The molecule has 0 saturated carbocycles. The smallest absolute Gasteiger partial charge is 0.242 e. The van der Waals surface area contributed by atoms with Gasteiger partial charge in [0.15, 0.2) is 0 Å². The van der Waals surface area contributed by atoms with Gasteiger partial charge in [0.2, 0.25) is 5.91 Å². The number of ether oxygens (including phenoxy) is 1. The van der Waals surface area contributed by atoms with Gasteiger partial charge in [0.1, 0.15) is 6.04 Å². The first kappa shape index (κ1) is 17.5. The van der Waals surface area contributed by atoms with Gasteiger partial charge in [-0.25, -0.2) is 0 Å². The van der Waals surface area contributed by atoms with Crippen molar-refractivity contribution in [2.24, 2.45) is 5.73 Å². The quantitative estimate of drug-likeness (QED) is 0.940. The molecule has 2 N–H and O–H groups in total. The van der Waals surface area contributed by atoms with E-state index in [9.17, 15) is 4.79 Å². The molecular formula is C18H21ClN2O2. The van der Waals surface area contributed by atoms with Crippen molar-refractivity contribution in [1.29, 1.82) is 0 Å². The van der Waals surface area contributed by atoms with E-state index >= 15 is 0 Å². The average Bonchev–Trinajstić information content (AvgIpc) is 2.71. The van der Waals surface area contributed by atoms with Gasteiger partial charge in [0.25, 0.3) is 0 Å². The van der Waals surface area contributed by atoms with Crippen molar-refractivity contribution in [1.82, 2.24) is 4.90 Å². The van der Waals surface area contributed by atoms with Gasteiger partial charge in [-0.15, -0.1) is 12.4 Å². The first-order valence-corrected chi connectivity index (χ1v) is 7.40. The van der Waals surface area contributed by atoms with Gasteiger partial charge in [-0.3, -0.25) is 4.79 Å². The Morgan fingerprint density at radius 3 is 2.04 bits per heavy atom. The highest BCUT2D eigenvalue weighted by atomic mass is 35.5. The average molecular weight is 333 g/mol. The number of amides is 1. The van der Waals surface area contributed by atoms with Gasteiger partial charge in [0, 0.05) is 20.2 Å². The van der Waals surface area contributed by atoms with E-state index in [-0.39, 0.29) is 24.9 Å². The van der Waals surface area contributed by atoms with Crippen LogP contribution in [0.25, 0.3) is 11.1 Å². The molecule has 1 unspecified atom stereocenters. The molecule has 0 aliphatic carbocycles. The van der Waals surface area contributed by atoms with Gasteiger partial charge in [-0.05, 0) is 22.3 Å². The summed E-state index contributed by atoms with van der Waals surface area (Å²) in [6.07, 6.45) is 0. The normalized spacial score (nSPS) is 14.1. The lowest BCUT2D eigenvalue weighted by atomic mass is 9.97. The number of rotatable bonds is 3. The van der Waals surface area contributed by atoms with Crippen LogP contribution >= 0.6 is 12.4 Å². The first-order valence-electron chi connectivity index (χ1n) is 7.40. The lowest BCUT2D eigenvalue weighted by molar-refractivity contribution is -0.135. The summed E-state index contributed by atoms with van der Waals surface area (Å²) in [5.41, 5.74) is 10.6. The van der Waals surface area contributed by atoms with Crippen molar-refractivity contribution in [3.63, 3.8) is 0 Å². The van der Waals surface area contributed by atoms with Crippen LogP contribution in [0.15, 0.2) is 48.5 Å². The molecule has 5 heteroatoms. The van der Waals surface area contributed by atoms with Crippen LogP contribution in [0, 0.1) is 0 Å². The molecule has 0 fully saturated rings. The van der Waals surface area contributed by atoms with Gasteiger partial charge < -0.3 is 15.4 Å². The summed E-state index contributed by atoms with van der Waals surface area (Å²) < 4.78 is 5.01. The summed E-state index contributed by atoms with van der Waals surface area (Å²) in [6.45, 7) is 1.38. The van der Waals surface area contributed by atoms with Crippen LogP contribution in [0.2, 0.25) is 0 Å². The zero-order valence-corrected chi connectivity index (χ0v) is 13.9. The Labute approximate surface area is 142 Å². The van der Waals surface area contributed by atoms with Crippen LogP contribution in [0.3, 0.4) is 0 Å². The molecule has 1 heterocycles. The summed E-state index contributed by atoms with van der Waals surface area (Å²) in [5, 5.41) is 0. The summed E-state index contributed by atoms with van der Waals surface area (Å²) in [6, 6.07) is 15.8. The molecule has 23 heavy (non-hydrogen) atoms. The third kappa shape index (κ3) is 3.55. The maximum absolute atomic E-state index is 12.6. The zero-order chi connectivity index (χ0) is 15.5. The Bertz CT molecular complexity index is 643. The minimum Gasteiger partial charge on any atom is -0.383 e. The second-order valence-corrected chi connectivity index (χ2v) is 5.57. The number of hydrogen-bond acceptors (Lipinski definition) is 3. The molecule has 0 bridgehead atoms. The molecule has 4 nitrogen and oxygen atoms in total. The Balaban J connectivity index is 0.00000192. The lowest BCUT2D eigenvalue weighted by Crippen LogP contribution is -2.45. The summed E-state index contributed by atoms with van der Waals surface area (Å²) in [7, 11) is 1.56.